The van der Waals surface area contributed by atoms with Crippen molar-refractivity contribution in [1.29, 1.82) is 0 Å². The lowest BCUT2D eigenvalue weighted by Gasteiger charge is -2.17. The highest BCUT2D eigenvalue weighted by Gasteiger charge is 2.23. The molecular weight excluding hydrogens is 340 g/mol. The largest absolute Gasteiger partial charge is 0.362 e. The average molecular weight is 353 g/mol. The number of nitrogens with one attached hydrogen (secondary N) is 1. The van der Waals surface area contributed by atoms with Gasteiger partial charge in [0.2, 0.25) is 0 Å². The van der Waals surface area contributed by atoms with Crippen molar-refractivity contribution in [2.24, 2.45) is 0 Å². The first-order chi connectivity index (χ1) is 9.77. The Balaban J connectivity index is 2.42. The smallest absolute Gasteiger partial charge is 0.293 e. The van der Waals surface area contributed by atoms with Gasteiger partial charge >= 0.3 is 0 Å². The van der Waals surface area contributed by atoms with Gasteiger partial charge in [-0.1, -0.05) is 28.1 Å². The predicted molar refractivity (Wildman–Crippen MR) is 82.3 cm³/mol. The first-order valence-corrected chi connectivity index (χ1v) is 6.83. The molecule has 0 aliphatic rings. The zero-order chi connectivity index (χ0) is 15.6. The fourth-order valence-corrected chi connectivity index (χ4v) is 2.20. The lowest BCUT2D eigenvalue weighted by Crippen LogP contribution is -2.19. The van der Waals surface area contributed by atoms with E-state index in [1.54, 1.807) is 18.2 Å². The van der Waals surface area contributed by atoms with E-state index in [9.17, 15) is 20.3 Å². The first-order valence-electron chi connectivity index (χ1n) is 6.03. The number of aliphatic hydroxyl groups is 2. The summed E-state index contributed by atoms with van der Waals surface area (Å²) in [6, 6.07) is 11.2. The molecule has 6 nitrogen and oxygen atoms in total. The summed E-state index contributed by atoms with van der Waals surface area (Å²) < 4.78 is 0.838. The van der Waals surface area contributed by atoms with Gasteiger partial charge in [0.25, 0.3) is 5.69 Å². The van der Waals surface area contributed by atoms with Gasteiger partial charge in [0.1, 0.15) is 5.69 Å². The molecule has 0 aliphatic carbocycles. The number of nitrogens with zero attached hydrogens (tertiary/aromatic N) is 1. The number of nitro groups is 1. The Morgan fingerprint density at radius 2 is 1.95 bits per heavy atom. The number of nitro benzene ring substituents is 1. The van der Waals surface area contributed by atoms with Crippen LogP contribution in [0.5, 0.6) is 0 Å². The van der Waals surface area contributed by atoms with Crippen LogP contribution in [0.3, 0.4) is 0 Å². The summed E-state index contributed by atoms with van der Waals surface area (Å²) >= 11 is 3.32. The topological polar surface area (TPSA) is 95.6 Å². The van der Waals surface area contributed by atoms with Crippen molar-refractivity contribution in [1.82, 2.24) is 0 Å². The maximum Gasteiger partial charge on any atom is 0.293 e. The van der Waals surface area contributed by atoms with E-state index >= 15 is 0 Å². The number of rotatable bonds is 4. The van der Waals surface area contributed by atoms with Crippen LogP contribution in [0.1, 0.15) is 12.5 Å². The zero-order valence-corrected chi connectivity index (χ0v) is 12.7. The van der Waals surface area contributed by atoms with Crippen molar-refractivity contribution in [2.75, 3.05) is 5.32 Å². The van der Waals surface area contributed by atoms with Crippen LogP contribution in [-0.4, -0.2) is 15.1 Å². The van der Waals surface area contributed by atoms with Gasteiger partial charge in [-0.3, -0.25) is 10.1 Å². The molecule has 7 heteroatoms. The second-order valence-corrected chi connectivity index (χ2v) is 5.56. The van der Waals surface area contributed by atoms with Gasteiger partial charge in [0.15, 0.2) is 5.79 Å². The van der Waals surface area contributed by atoms with Crippen LogP contribution < -0.4 is 5.32 Å². The van der Waals surface area contributed by atoms with E-state index in [2.05, 4.69) is 21.2 Å². The third-order valence-corrected chi connectivity index (χ3v) is 3.34. The second kappa shape index (κ2) is 5.80. The van der Waals surface area contributed by atoms with Crippen LogP contribution in [0.25, 0.3) is 0 Å². The summed E-state index contributed by atoms with van der Waals surface area (Å²) in [5, 5.41) is 33.1. The van der Waals surface area contributed by atoms with E-state index in [0.29, 0.717) is 5.69 Å². The summed E-state index contributed by atoms with van der Waals surface area (Å²) in [4.78, 5) is 10.6. The van der Waals surface area contributed by atoms with E-state index in [4.69, 9.17) is 0 Å². The number of hydrogen-bond acceptors (Lipinski definition) is 5. The summed E-state index contributed by atoms with van der Waals surface area (Å²) in [6.07, 6.45) is 0. The maximum atomic E-state index is 11.2. The highest BCUT2D eigenvalue weighted by Crippen LogP contribution is 2.32. The highest BCUT2D eigenvalue weighted by molar-refractivity contribution is 9.10. The van der Waals surface area contributed by atoms with Gasteiger partial charge in [-0.05, 0) is 31.2 Å². The fourth-order valence-electron chi connectivity index (χ4n) is 1.80. The van der Waals surface area contributed by atoms with Gasteiger partial charge in [-0.15, -0.1) is 0 Å². The monoisotopic (exact) mass is 352 g/mol. The van der Waals surface area contributed by atoms with Crippen molar-refractivity contribution >= 4 is 33.0 Å². The lowest BCUT2D eigenvalue weighted by atomic mass is 10.1. The van der Waals surface area contributed by atoms with Gasteiger partial charge in [-0.25, -0.2) is 0 Å². The van der Waals surface area contributed by atoms with Crippen LogP contribution in [-0.2, 0) is 5.79 Å². The molecule has 2 aromatic rings. The molecule has 0 heterocycles. The molecule has 2 rings (SSSR count). The molecule has 3 N–H and O–H groups in total. The minimum atomic E-state index is -2.13. The third kappa shape index (κ3) is 3.78. The molecule has 0 amide bonds. The molecule has 2 aromatic carbocycles. The minimum absolute atomic E-state index is 0.0500. The molecule has 0 unspecified atom stereocenters. The van der Waals surface area contributed by atoms with Gasteiger partial charge < -0.3 is 15.5 Å². The Bertz CT molecular complexity index is 683. The molecule has 21 heavy (non-hydrogen) atoms. The summed E-state index contributed by atoms with van der Waals surface area (Å²) in [7, 11) is 0. The van der Waals surface area contributed by atoms with Gasteiger partial charge in [0, 0.05) is 21.8 Å². The fraction of sp³-hybridized carbons (Fsp3) is 0.143. The number of benzene rings is 2. The standard InChI is InChI=1S/C14H13BrN2O4/c1-14(18,19)9-5-6-12(13(7-9)17(20)21)16-11-4-2-3-10(15)8-11/h2-8,16,18-19H,1H3. The van der Waals surface area contributed by atoms with Crippen molar-refractivity contribution in [3.05, 3.63) is 62.6 Å². The minimum Gasteiger partial charge on any atom is -0.362 e. The molecule has 0 atom stereocenters. The second-order valence-electron chi connectivity index (χ2n) is 4.65. The zero-order valence-electron chi connectivity index (χ0n) is 11.1. The molecule has 0 bridgehead atoms. The summed E-state index contributed by atoms with van der Waals surface area (Å²) in [6.45, 7) is 1.15. The predicted octanol–water partition coefficient (Wildman–Crippen LogP) is 3.26. The van der Waals surface area contributed by atoms with Crippen molar-refractivity contribution in [2.45, 2.75) is 12.7 Å². The Labute approximate surface area is 129 Å². The van der Waals surface area contributed by atoms with Crippen LogP contribution in [0.15, 0.2) is 46.9 Å². The van der Waals surface area contributed by atoms with Crippen molar-refractivity contribution in [3.63, 3.8) is 0 Å². The summed E-state index contributed by atoms with van der Waals surface area (Å²) in [5.41, 5.74) is 0.762. The van der Waals surface area contributed by atoms with Crippen LogP contribution >= 0.6 is 15.9 Å². The molecule has 0 spiro atoms. The van der Waals surface area contributed by atoms with Crippen LogP contribution in [0, 0.1) is 10.1 Å². The molecule has 0 radical (unpaired) electrons. The van der Waals surface area contributed by atoms with E-state index in [-0.39, 0.29) is 16.9 Å². The highest BCUT2D eigenvalue weighted by atomic mass is 79.9. The van der Waals surface area contributed by atoms with E-state index in [0.717, 1.165) is 17.5 Å². The van der Waals surface area contributed by atoms with Crippen LogP contribution in [0.2, 0.25) is 0 Å². The molecular formula is C14H13BrN2O4. The Kier molecular flexibility index (Phi) is 4.26. The lowest BCUT2D eigenvalue weighted by molar-refractivity contribution is -0.384. The molecule has 0 saturated heterocycles. The van der Waals surface area contributed by atoms with E-state index < -0.39 is 10.7 Å². The van der Waals surface area contributed by atoms with Crippen molar-refractivity contribution < 1.29 is 15.1 Å². The van der Waals surface area contributed by atoms with Crippen molar-refractivity contribution in [3.8, 4) is 0 Å². The molecule has 0 fully saturated rings. The third-order valence-electron chi connectivity index (χ3n) is 2.84. The number of halogens is 1. The van der Waals surface area contributed by atoms with E-state index in [1.165, 1.54) is 12.1 Å². The Morgan fingerprint density at radius 3 is 2.52 bits per heavy atom. The molecule has 0 aromatic heterocycles. The Hall–Kier alpha value is -1.96. The normalized spacial score (nSPS) is 11.2. The van der Waals surface area contributed by atoms with Gasteiger partial charge in [-0.2, -0.15) is 0 Å². The molecule has 0 aliphatic heterocycles. The molecule has 110 valence electrons. The quantitative estimate of drug-likeness (QED) is 0.446. The van der Waals surface area contributed by atoms with Crippen LogP contribution in [0.4, 0.5) is 17.1 Å². The SMILES string of the molecule is CC(O)(O)c1ccc(Nc2cccc(Br)c2)c([N+](=O)[O-])c1. The summed E-state index contributed by atoms with van der Waals surface area (Å²) in [5.74, 6) is -2.13. The van der Waals surface area contributed by atoms with E-state index in [1.807, 2.05) is 6.07 Å². The molecule has 0 saturated carbocycles. The number of hydrogen-bond donors (Lipinski definition) is 3. The first kappa shape index (κ1) is 15.4. The average Bonchev–Trinajstić information content (AvgIpc) is 2.37. The van der Waals surface area contributed by atoms with Gasteiger partial charge in [0.05, 0.1) is 4.92 Å². The Morgan fingerprint density at radius 1 is 1.24 bits per heavy atom. The number of anilines is 2. The maximum absolute atomic E-state index is 11.2.